The van der Waals surface area contributed by atoms with Crippen molar-refractivity contribution in [2.24, 2.45) is 0 Å². The molecule has 0 heterocycles. The molecule has 0 aliphatic carbocycles. The highest BCUT2D eigenvalue weighted by molar-refractivity contribution is 6.69. The van der Waals surface area contributed by atoms with E-state index < -0.39 is 14.1 Å². The Balaban J connectivity index is 2.61. The first-order valence-corrected chi connectivity index (χ1v) is 9.68. The standard InChI is InChI=1S/C15H24O2Si/c1-7-13-9-8-10-14(11-13)12-16-15(2,3)17-18(4,5)6/h7-11H,1,12H2,2-6H3. The number of ether oxygens (including phenoxy) is 1. The van der Waals surface area contributed by atoms with Crippen molar-refractivity contribution < 1.29 is 9.16 Å². The maximum absolute atomic E-state index is 6.00. The zero-order valence-corrected chi connectivity index (χ0v) is 13.1. The molecule has 0 aliphatic rings. The summed E-state index contributed by atoms with van der Waals surface area (Å²) in [6.45, 7) is 14.8. The van der Waals surface area contributed by atoms with Gasteiger partial charge < -0.3 is 9.16 Å². The molecule has 18 heavy (non-hydrogen) atoms. The van der Waals surface area contributed by atoms with E-state index in [0.29, 0.717) is 6.61 Å². The minimum atomic E-state index is -1.59. The minimum Gasteiger partial charge on any atom is -0.391 e. The van der Waals surface area contributed by atoms with Crippen LogP contribution in [0.2, 0.25) is 19.6 Å². The third-order valence-electron chi connectivity index (χ3n) is 2.33. The van der Waals surface area contributed by atoms with E-state index in [1.165, 1.54) is 0 Å². The average Bonchev–Trinajstić information content (AvgIpc) is 2.24. The summed E-state index contributed by atoms with van der Waals surface area (Å²) in [6.07, 6.45) is 1.84. The molecule has 0 fully saturated rings. The van der Waals surface area contributed by atoms with Crippen LogP contribution in [0.3, 0.4) is 0 Å². The van der Waals surface area contributed by atoms with Gasteiger partial charge in [0.1, 0.15) is 0 Å². The van der Waals surface area contributed by atoms with Crippen molar-refractivity contribution in [3.8, 4) is 0 Å². The summed E-state index contributed by atoms with van der Waals surface area (Å²) in [5.41, 5.74) is 2.25. The molecule has 0 atom stereocenters. The minimum absolute atomic E-state index is 0.533. The first-order valence-electron chi connectivity index (χ1n) is 6.27. The van der Waals surface area contributed by atoms with Crippen LogP contribution in [0.25, 0.3) is 6.08 Å². The SMILES string of the molecule is C=Cc1cccc(COC(C)(C)O[Si](C)(C)C)c1. The third-order valence-corrected chi connectivity index (χ3v) is 3.43. The molecule has 0 spiro atoms. The first-order chi connectivity index (χ1) is 8.22. The number of rotatable bonds is 6. The fourth-order valence-corrected chi connectivity index (χ4v) is 3.37. The Hall–Kier alpha value is -0.903. The smallest absolute Gasteiger partial charge is 0.187 e. The molecule has 0 radical (unpaired) electrons. The molecule has 0 unspecified atom stereocenters. The van der Waals surface area contributed by atoms with E-state index in [2.05, 4.69) is 38.4 Å². The number of hydrogen-bond acceptors (Lipinski definition) is 2. The molecule has 3 heteroatoms. The van der Waals surface area contributed by atoms with Gasteiger partial charge in [-0.15, -0.1) is 0 Å². The van der Waals surface area contributed by atoms with E-state index in [1.54, 1.807) is 0 Å². The van der Waals surface area contributed by atoms with Gasteiger partial charge in [0.15, 0.2) is 14.1 Å². The summed E-state index contributed by atoms with van der Waals surface area (Å²) in [4.78, 5) is 0. The lowest BCUT2D eigenvalue weighted by molar-refractivity contribution is -0.170. The lowest BCUT2D eigenvalue weighted by Gasteiger charge is -2.32. The molecule has 0 N–H and O–H groups in total. The van der Waals surface area contributed by atoms with Crippen LogP contribution in [-0.4, -0.2) is 14.1 Å². The van der Waals surface area contributed by atoms with E-state index in [4.69, 9.17) is 9.16 Å². The zero-order chi connectivity index (χ0) is 13.8. The molecule has 2 nitrogen and oxygen atoms in total. The van der Waals surface area contributed by atoms with Gasteiger partial charge in [-0.05, 0) is 50.7 Å². The summed E-state index contributed by atoms with van der Waals surface area (Å²) in [5.74, 6) is -0.533. The quantitative estimate of drug-likeness (QED) is 0.559. The van der Waals surface area contributed by atoms with Crippen LogP contribution >= 0.6 is 0 Å². The van der Waals surface area contributed by atoms with E-state index in [0.717, 1.165) is 11.1 Å². The molecule has 1 aromatic rings. The summed E-state index contributed by atoms with van der Waals surface area (Å²) in [6, 6.07) is 8.18. The summed E-state index contributed by atoms with van der Waals surface area (Å²) in [5, 5.41) is 0. The van der Waals surface area contributed by atoms with Crippen molar-refractivity contribution in [2.45, 2.75) is 45.9 Å². The Morgan fingerprint density at radius 3 is 2.50 bits per heavy atom. The Morgan fingerprint density at radius 1 is 1.28 bits per heavy atom. The average molecular weight is 264 g/mol. The fraction of sp³-hybridized carbons (Fsp3) is 0.467. The lowest BCUT2D eigenvalue weighted by atomic mass is 10.1. The van der Waals surface area contributed by atoms with Crippen LogP contribution in [0.4, 0.5) is 0 Å². The molecule has 100 valence electrons. The number of hydrogen-bond donors (Lipinski definition) is 0. The van der Waals surface area contributed by atoms with Gasteiger partial charge in [-0.25, -0.2) is 0 Å². The second kappa shape index (κ2) is 5.82. The third kappa shape index (κ3) is 5.62. The van der Waals surface area contributed by atoms with Gasteiger partial charge in [0.2, 0.25) is 0 Å². The lowest BCUT2D eigenvalue weighted by Crippen LogP contribution is -2.40. The van der Waals surface area contributed by atoms with E-state index in [9.17, 15) is 0 Å². The fourth-order valence-electron chi connectivity index (χ4n) is 1.83. The molecular weight excluding hydrogens is 240 g/mol. The molecule has 0 bridgehead atoms. The van der Waals surface area contributed by atoms with Crippen molar-refractivity contribution in [2.75, 3.05) is 0 Å². The van der Waals surface area contributed by atoms with E-state index >= 15 is 0 Å². The topological polar surface area (TPSA) is 18.5 Å². The highest BCUT2D eigenvalue weighted by Crippen LogP contribution is 2.20. The summed E-state index contributed by atoms with van der Waals surface area (Å²) < 4.78 is 11.9. The predicted molar refractivity (Wildman–Crippen MR) is 79.8 cm³/mol. The molecule has 0 aromatic heterocycles. The van der Waals surface area contributed by atoms with Crippen LogP contribution in [0.15, 0.2) is 30.8 Å². The second-order valence-corrected chi connectivity index (χ2v) is 10.3. The van der Waals surface area contributed by atoms with Crippen molar-refractivity contribution in [1.29, 1.82) is 0 Å². The Morgan fingerprint density at radius 2 is 1.94 bits per heavy atom. The molecule has 0 aliphatic heterocycles. The van der Waals surface area contributed by atoms with Crippen LogP contribution in [0, 0.1) is 0 Å². The van der Waals surface area contributed by atoms with Crippen LogP contribution < -0.4 is 0 Å². The van der Waals surface area contributed by atoms with Gasteiger partial charge in [0, 0.05) is 0 Å². The maximum atomic E-state index is 6.00. The van der Waals surface area contributed by atoms with Crippen molar-refractivity contribution in [3.05, 3.63) is 42.0 Å². The van der Waals surface area contributed by atoms with Crippen molar-refractivity contribution >= 4 is 14.4 Å². The number of benzene rings is 1. The van der Waals surface area contributed by atoms with Crippen LogP contribution in [-0.2, 0) is 15.8 Å². The molecule has 0 saturated heterocycles. The van der Waals surface area contributed by atoms with Gasteiger partial charge in [0.05, 0.1) is 6.61 Å². The van der Waals surface area contributed by atoms with Gasteiger partial charge in [-0.1, -0.05) is 30.9 Å². The summed E-state index contributed by atoms with van der Waals surface area (Å²) in [7, 11) is -1.59. The molecular formula is C15H24O2Si. The Kier molecular flexibility index (Phi) is 4.90. The van der Waals surface area contributed by atoms with Gasteiger partial charge in [-0.2, -0.15) is 0 Å². The maximum Gasteiger partial charge on any atom is 0.187 e. The second-order valence-electron chi connectivity index (χ2n) is 5.85. The van der Waals surface area contributed by atoms with Crippen molar-refractivity contribution in [1.82, 2.24) is 0 Å². The van der Waals surface area contributed by atoms with Crippen LogP contribution in [0.5, 0.6) is 0 Å². The van der Waals surface area contributed by atoms with Gasteiger partial charge in [0.25, 0.3) is 0 Å². The molecule has 0 amide bonds. The highest BCUT2D eigenvalue weighted by Gasteiger charge is 2.27. The Bertz CT molecular complexity index is 405. The monoisotopic (exact) mass is 264 g/mol. The van der Waals surface area contributed by atoms with Crippen LogP contribution in [0.1, 0.15) is 25.0 Å². The molecule has 0 saturated carbocycles. The molecule has 1 rings (SSSR count). The summed E-state index contributed by atoms with van der Waals surface area (Å²) >= 11 is 0. The largest absolute Gasteiger partial charge is 0.391 e. The Labute approximate surface area is 112 Å². The van der Waals surface area contributed by atoms with Gasteiger partial charge in [-0.3, -0.25) is 0 Å². The van der Waals surface area contributed by atoms with Gasteiger partial charge >= 0.3 is 0 Å². The first kappa shape index (κ1) is 15.2. The van der Waals surface area contributed by atoms with E-state index in [1.807, 2.05) is 32.1 Å². The van der Waals surface area contributed by atoms with E-state index in [-0.39, 0.29) is 0 Å². The zero-order valence-electron chi connectivity index (χ0n) is 12.1. The normalized spacial score (nSPS) is 12.5. The van der Waals surface area contributed by atoms with Crippen molar-refractivity contribution in [3.63, 3.8) is 0 Å². The highest BCUT2D eigenvalue weighted by atomic mass is 28.4. The predicted octanol–water partition coefficient (Wildman–Crippen LogP) is 4.43. The molecule has 1 aromatic carbocycles.